The van der Waals surface area contributed by atoms with E-state index < -0.39 is 0 Å². The second kappa shape index (κ2) is 13.7. The highest BCUT2D eigenvalue weighted by molar-refractivity contribution is 14.1. The number of rotatable bonds is 11. The van der Waals surface area contributed by atoms with Gasteiger partial charge in [0, 0.05) is 0 Å². The SMILES string of the molecule is CCNCCCCCCCCCCI. The van der Waals surface area contributed by atoms with E-state index in [1.165, 1.54) is 62.3 Å². The Labute approximate surface area is 104 Å². The summed E-state index contributed by atoms with van der Waals surface area (Å²) in [5, 5.41) is 3.37. The molecule has 0 fully saturated rings. The van der Waals surface area contributed by atoms with Crippen molar-refractivity contribution < 1.29 is 0 Å². The minimum atomic E-state index is 1.12. The van der Waals surface area contributed by atoms with Gasteiger partial charge in [-0.05, 0) is 30.4 Å². The minimum absolute atomic E-state index is 1.12. The van der Waals surface area contributed by atoms with Crippen LogP contribution in [0.2, 0.25) is 0 Å². The van der Waals surface area contributed by atoms with Crippen molar-refractivity contribution in [1.82, 2.24) is 5.32 Å². The molecule has 0 aliphatic heterocycles. The molecule has 14 heavy (non-hydrogen) atoms. The molecule has 0 amide bonds. The third-order valence-electron chi connectivity index (χ3n) is 2.49. The van der Waals surface area contributed by atoms with Crippen LogP contribution >= 0.6 is 22.6 Å². The average molecular weight is 311 g/mol. The average Bonchev–Trinajstić information content (AvgIpc) is 2.21. The molecule has 2 heteroatoms. The fourth-order valence-corrected chi connectivity index (χ4v) is 2.12. The van der Waals surface area contributed by atoms with Gasteiger partial charge in [0.25, 0.3) is 0 Å². The van der Waals surface area contributed by atoms with Gasteiger partial charge >= 0.3 is 0 Å². The van der Waals surface area contributed by atoms with E-state index in [1.807, 2.05) is 0 Å². The van der Waals surface area contributed by atoms with Crippen molar-refractivity contribution in [3.05, 3.63) is 0 Å². The molecule has 0 aliphatic rings. The van der Waals surface area contributed by atoms with Crippen LogP contribution in [-0.2, 0) is 0 Å². The molecule has 1 N–H and O–H groups in total. The summed E-state index contributed by atoms with van der Waals surface area (Å²) in [6.45, 7) is 4.51. The highest BCUT2D eigenvalue weighted by Crippen LogP contribution is 2.08. The maximum atomic E-state index is 3.37. The molecule has 0 spiro atoms. The first-order valence-corrected chi connectivity index (χ1v) is 7.71. The fraction of sp³-hybridized carbons (Fsp3) is 1.00. The molecule has 1 nitrogen and oxygen atoms in total. The Balaban J connectivity index is 2.78. The van der Waals surface area contributed by atoms with Crippen molar-refractivity contribution in [3.63, 3.8) is 0 Å². The van der Waals surface area contributed by atoms with E-state index in [-0.39, 0.29) is 0 Å². The highest BCUT2D eigenvalue weighted by atomic mass is 127. The van der Waals surface area contributed by atoms with Crippen molar-refractivity contribution in [1.29, 1.82) is 0 Å². The molecule has 0 atom stereocenters. The van der Waals surface area contributed by atoms with Gasteiger partial charge in [-0.2, -0.15) is 0 Å². The summed E-state index contributed by atoms with van der Waals surface area (Å²) in [4.78, 5) is 0. The van der Waals surface area contributed by atoms with Gasteiger partial charge in [0.2, 0.25) is 0 Å². The lowest BCUT2D eigenvalue weighted by atomic mass is 10.1. The van der Waals surface area contributed by atoms with Gasteiger partial charge in [0.1, 0.15) is 0 Å². The second-order valence-electron chi connectivity index (χ2n) is 3.87. The lowest BCUT2D eigenvalue weighted by molar-refractivity contribution is 0.561. The molecule has 86 valence electrons. The van der Waals surface area contributed by atoms with Crippen molar-refractivity contribution in [2.24, 2.45) is 0 Å². The van der Waals surface area contributed by atoms with E-state index in [0.29, 0.717) is 0 Å². The lowest BCUT2D eigenvalue weighted by Crippen LogP contribution is -2.13. The second-order valence-corrected chi connectivity index (χ2v) is 4.95. The van der Waals surface area contributed by atoms with Crippen LogP contribution in [0.25, 0.3) is 0 Å². The van der Waals surface area contributed by atoms with Gasteiger partial charge < -0.3 is 5.32 Å². The molecule has 0 rings (SSSR count). The Bertz CT molecular complexity index is 84.3. The Hall–Kier alpha value is 0.690. The van der Waals surface area contributed by atoms with Gasteiger partial charge in [-0.25, -0.2) is 0 Å². The van der Waals surface area contributed by atoms with Crippen LogP contribution in [0.5, 0.6) is 0 Å². The van der Waals surface area contributed by atoms with Gasteiger partial charge in [-0.1, -0.05) is 68.0 Å². The van der Waals surface area contributed by atoms with Gasteiger partial charge in [0.15, 0.2) is 0 Å². The summed E-state index contributed by atoms with van der Waals surface area (Å²) in [7, 11) is 0. The minimum Gasteiger partial charge on any atom is -0.317 e. The van der Waals surface area contributed by atoms with E-state index >= 15 is 0 Å². The number of hydrogen-bond donors (Lipinski definition) is 1. The van der Waals surface area contributed by atoms with Crippen LogP contribution in [0.15, 0.2) is 0 Å². The van der Waals surface area contributed by atoms with Crippen LogP contribution < -0.4 is 5.32 Å². The monoisotopic (exact) mass is 311 g/mol. The van der Waals surface area contributed by atoms with Crippen LogP contribution in [0.3, 0.4) is 0 Å². The number of alkyl halides is 1. The van der Waals surface area contributed by atoms with Crippen LogP contribution in [0, 0.1) is 0 Å². The molecule has 0 radical (unpaired) electrons. The zero-order valence-electron chi connectivity index (χ0n) is 9.66. The van der Waals surface area contributed by atoms with Crippen LogP contribution in [0.1, 0.15) is 58.3 Å². The molecular formula is C12H26IN. The third kappa shape index (κ3) is 12.7. The Morgan fingerprint density at radius 3 is 1.79 bits per heavy atom. The summed E-state index contributed by atoms with van der Waals surface area (Å²) < 4.78 is 1.33. The normalized spacial score (nSPS) is 10.7. The van der Waals surface area contributed by atoms with E-state index in [1.54, 1.807) is 0 Å². The topological polar surface area (TPSA) is 12.0 Å². The standard InChI is InChI=1S/C12H26IN/c1-2-14-12-10-8-6-4-3-5-7-9-11-13/h14H,2-12H2,1H3. The molecule has 0 saturated carbocycles. The van der Waals surface area contributed by atoms with Crippen LogP contribution in [0.4, 0.5) is 0 Å². The summed E-state index contributed by atoms with van der Waals surface area (Å²) in [6.07, 6.45) is 11.4. The lowest BCUT2D eigenvalue weighted by Gasteiger charge is -2.02. The molecule has 0 saturated heterocycles. The van der Waals surface area contributed by atoms with E-state index in [4.69, 9.17) is 0 Å². The number of unbranched alkanes of at least 4 members (excludes halogenated alkanes) is 7. The first kappa shape index (κ1) is 14.7. The largest absolute Gasteiger partial charge is 0.317 e. The number of nitrogens with one attached hydrogen (secondary N) is 1. The van der Waals surface area contributed by atoms with Crippen LogP contribution in [-0.4, -0.2) is 17.5 Å². The number of hydrogen-bond acceptors (Lipinski definition) is 1. The van der Waals surface area contributed by atoms with Crippen molar-refractivity contribution in [2.75, 3.05) is 17.5 Å². The fourth-order valence-electron chi connectivity index (χ4n) is 1.58. The molecule has 0 aromatic carbocycles. The van der Waals surface area contributed by atoms with E-state index in [9.17, 15) is 0 Å². The van der Waals surface area contributed by atoms with Gasteiger partial charge in [-0.15, -0.1) is 0 Å². The first-order chi connectivity index (χ1) is 6.91. The highest BCUT2D eigenvalue weighted by Gasteiger charge is 1.91. The molecule has 0 bridgehead atoms. The Morgan fingerprint density at radius 1 is 0.786 bits per heavy atom. The maximum Gasteiger partial charge on any atom is -0.000473 e. The molecule has 0 aliphatic carbocycles. The van der Waals surface area contributed by atoms with Crippen molar-refractivity contribution in [2.45, 2.75) is 58.3 Å². The molecular weight excluding hydrogens is 285 g/mol. The molecule has 0 heterocycles. The summed E-state index contributed by atoms with van der Waals surface area (Å²) >= 11 is 2.47. The van der Waals surface area contributed by atoms with E-state index in [2.05, 4.69) is 34.8 Å². The molecule has 0 aromatic heterocycles. The maximum absolute atomic E-state index is 3.37. The smallest absolute Gasteiger partial charge is 0.000473 e. The Kier molecular flexibility index (Phi) is 14.4. The van der Waals surface area contributed by atoms with Crippen molar-refractivity contribution in [3.8, 4) is 0 Å². The zero-order chi connectivity index (χ0) is 10.5. The summed E-state index contributed by atoms with van der Waals surface area (Å²) in [6, 6.07) is 0. The third-order valence-corrected chi connectivity index (χ3v) is 3.25. The van der Waals surface area contributed by atoms with Gasteiger partial charge in [0.05, 0.1) is 0 Å². The number of halogens is 1. The predicted molar refractivity (Wildman–Crippen MR) is 74.4 cm³/mol. The molecule has 0 unspecified atom stereocenters. The summed E-state index contributed by atoms with van der Waals surface area (Å²) in [5.41, 5.74) is 0. The van der Waals surface area contributed by atoms with Gasteiger partial charge in [-0.3, -0.25) is 0 Å². The first-order valence-electron chi connectivity index (χ1n) is 6.18. The molecule has 0 aromatic rings. The van der Waals surface area contributed by atoms with Crippen molar-refractivity contribution >= 4 is 22.6 Å². The Morgan fingerprint density at radius 2 is 1.29 bits per heavy atom. The van der Waals surface area contributed by atoms with E-state index in [0.717, 1.165) is 6.54 Å². The summed E-state index contributed by atoms with van der Waals surface area (Å²) in [5.74, 6) is 0. The predicted octanol–water partition coefficient (Wildman–Crippen LogP) is 4.15. The quantitative estimate of drug-likeness (QED) is 0.343. The zero-order valence-corrected chi connectivity index (χ0v) is 11.8.